The maximum atomic E-state index is 14.1. The fourth-order valence-corrected chi connectivity index (χ4v) is 4.46. The highest BCUT2D eigenvalue weighted by atomic mass is 32.1. The molecule has 0 N–H and O–H groups in total. The zero-order valence-electron chi connectivity index (χ0n) is 19.1. The van der Waals surface area contributed by atoms with Crippen LogP contribution in [0.25, 0.3) is 32.6 Å². The van der Waals surface area contributed by atoms with Crippen molar-refractivity contribution in [2.75, 3.05) is 14.1 Å². The zero-order valence-corrected chi connectivity index (χ0v) is 19.9. The van der Waals surface area contributed by atoms with Gasteiger partial charge in [-0.3, -0.25) is 14.5 Å². The Morgan fingerprint density at radius 1 is 1.14 bits per heavy atom. The van der Waals surface area contributed by atoms with E-state index in [0.29, 0.717) is 22.7 Å². The van der Waals surface area contributed by atoms with Crippen molar-refractivity contribution in [1.82, 2.24) is 29.9 Å². The molecule has 0 spiro atoms. The number of aromatic nitrogens is 5. The summed E-state index contributed by atoms with van der Waals surface area (Å²) in [5, 5.41) is 16.1. The van der Waals surface area contributed by atoms with Gasteiger partial charge in [0, 0.05) is 49.1 Å². The largest absolute Gasteiger partial charge is 0.486 e. The second kappa shape index (κ2) is 9.59. The third-order valence-corrected chi connectivity index (χ3v) is 6.31. The minimum Gasteiger partial charge on any atom is -0.486 e. The van der Waals surface area contributed by atoms with Crippen LogP contribution in [0.4, 0.5) is 4.39 Å². The molecule has 35 heavy (non-hydrogen) atoms. The van der Waals surface area contributed by atoms with Gasteiger partial charge in [0.05, 0.1) is 16.6 Å². The molecule has 0 aliphatic carbocycles. The van der Waals surface area contributed by atoms with Crippen LogP contribution in [0, 0.1) is 5.82 Å². The van der Waals surface area contributed by atoms with Gasteiger partial charge in [0.15, 0.2) is 0 Å². The number of benzene rings is 1. The second-order valence-corrected chi connectivity index (χ2v) is 8.94. The standard InChI is InChI=1S/C25H21FN6O2S/c1-31(2)22(33)14-32-13-16(12-28-32)23-20-8-10-35-25(20)24(30-29-23)19-7-6-17(26)11-21(19)34-15-18-5-3-4-9-27-18/h3-13H,14-15H2,1-2H3. The van der Waals surface area contributed by atoms with E-state index in [4.69, 9.17) is 4.74 Å². The van der Waals surface area contributed by atoms with E-state index in [2.05, 4.69) is 20.3 Å². The molecular weight excluding hydrogens is 467 g/mol. The number of halogens is 1. The van der Waals surface area contributed by atoms with Crippen LogP contribution in [0.15, 0.2) is 66.4 Å². The number of pyridine rings is 1. The molecule has 10 heteroatoms. The maximum Gasteiger partial charge on any atom is 0.243 e. The Morgan fingerprint density at radius 3 is 2.80 bits per heavy atom. The van der Waals surface area contributed by atoms with E-state index in [1.54, 1.807) is 43.4 Å². The molecule has 0 unspecified atom stereocenters. The first-order valence-corrected chi connectivity index (χ1v) is 11.7. The van der Waals surface area contributed by atoms with E-state index in [9.17, 15) is 9.18 Å². The van der Waals surface area contributed by atoms with E-state index in [1.807, 2.05) is 29.6 Å². The molecule has 0 bridgehead atoms. The Hall–Kier alpha value is -4.18. The van der Waals surface area contributed by atoms with Gasteiger partial charge in [-0.25, -0.2) is 4.39 Å². The van der Waals surface area contributed by atoms with Gasteiger partial charge in [-0.2, -0.15) is 5.10 Å². The summed E-state index contributed by atoms with van der Waals surface area (Å²) in [5.74, 6) is -0.102. The van der Waals surface area contributed by atoms with Crippen molar-refractivity contribution in [3.63, 3.8) is 0 Å². The lowest BCUT2D eigenvalue weighted by Crippen LogP contribution is -2.26. The van der Waals surface area contributed by atoms with E-state index in [-0.39, 0.29) is 19.1 Å². The Balaban J connectivity index is 1.50. The number of carbonyl (C=O) groups excluding carboxylic acids is 1. The van der Waals surface area contributed by atoms with Gasteiger partial charge < -0.3 is 9.64 Å². The fraction of sp³-hybridized carbons (Fsp3) is 0.160. The lowest BCUT2D eigenvalue weighted by Gasteiger charge is -2.12. The van der Waals surface area contributed by atoms with Crippen molar-refractivity contribution in [3.8, 4) is 28.3 Å². The van der Waals surface area contributed by atoms with Crippen molar-refractivity contribution in [1.29, 1.82) is 0 Å². The summed E-state index contributed by atoms with van der Waals surface area (Å²) < 4.78 is 22.5. The first-order valence-electron chi connectivity index (χ1n) is 10.8. The number of fused-ring (bicyclic) bond motifs is 1. The molecule has 8 nitrogen and oxygen atoms in total. The summed E-state index contributed by atoms with van der Waals surface area (Å²) >= 11 is 1.51. The first-order chi connectivity index (χ1) is 17.0. The molecule has 0 aliphatic rings. The van der Waals surface area contributed by atoms with Crippen LogP contribution in [0.2, 0.25) is 0 Å². The number of ether oxygens (including phenoxy) is 1. The Labute approximate surface area is 204 Å². The van der Waals surface area contributed by atoms with Gasteiger partial charge in [0.25, 0.3) is 0 Å². The number of hydrogen-bond acceptors (Lipinski definition) is 7. The van der Waals surface area contributed by atoms with E-state index in [0.717, 1.165) is 21.3 Å². The highest BCUT2D eigenvalue weighted by molar-refractivity contribution is 7.17. The molecule has 4 heterocycles. The van der Waals surface area contributed by atoms with Gasteiger partial charge >= 0.3 is 0 Å². The monoisotopic (exact) mass is 488 g/mol. The average molecular weight is 489 g/mol. The third-order valence-electron chi connectivity index (χ3n) is 5.39. The average Bonchev–Trinajstić information content (AvgIpc) is 3.53. The SMILES string of the molecule is CN(C)C(=O)Cn1cc(-c2nnc(-c3ccc(F)cc3OCc3ccccn3)c3sccc23)cn1. The minimum atomic E-state index is -0.406. The van der Waals surface area contributed by atoms with Crippen molar-refractivity contribution in [2.24, 2.45) is 0 Å². The summed E-state index contributed by atoms with van der Waals surface area (Å²) in [6, 6.07) is 11.9. The van der Waals surface area contributed by atoms with Crippen LogP contribution >= 0.6 is 11.3 Å². The number of rotatable bonds is 7. The van der Waals surface area contributed by atoms with E-state index >= 15 is 0 Å². The van der Waals surface area contributed by atoms with Crippen molar-refractivity contribution in [3.05, 3.63) is 77.9 Å². The molecule has 4 aromatic heterocycles. The second-order valence-electron chi connectivity index (χ2n) is 8.03. The maximum absolute atomic E-state index is 14.1. The van der Waals surface area contributed by atoms with Crippen LogP contribution in [0.1, 0.15) is 5.69 Å². The van der Waals surface area contributed by atoms with Gasteiger partial charge in [-0.15, -0.1) is 21.5 Å². The van der Waals surface area contributed by atoms with Crippen LogP contribution in [-0.2, 0) is 17.9 Å². The van der Waals surface area contributed by atoms with Gasteiger partial charge in [0.1, 0.15) is 36.1 Å². The molecule has 176 valence electrons. The van der Waals surface area contributed by atoms with E-state index < -0.39 is 5.82 Å². The van der Waals surface area contributed by atoms with Gasteiger partial charge in [-0.1, -0.05) is 6.07 Å². The summed E-state index contributed by atoms with van der Waals surface area (Å²) in [6.07, 6.45) is 5.13. The third kappa shape index (κ3) is 4.73. The Bertz CT molecular complexity index is 1500. The van der Waals surface area contributed by atoms with Crippen LogP contribution in [0.5, 0.6) is 5.75 Å². The molecule has 0 saturated heterocycles. The Kier molecular flexibility index (Phi) is 6.19. The Morgan fingerprint density at radius 2 is 2.00 bits per heavy atom. The van der Waals surface area contributed by atoms with Gasteiger partial charge in [-0.05, 0) is 35.7 Å². The highest BCUT2D eigenvalue weighted by Gasteiger charge is 2.19. The summed E-state index contributed by atoms with van der Waals surface area (Å²) in [5.41, 5.74) is 3.39. The highest BCUT2D eigenvalue weighted by Crippen LogP contribution is 2.39. The minimum absolute atomic E-state index is 0.0590. The molecule has 5 rings (SSSR count). The predicted octanol–water partition coefficient (Wildman–Crippen LogP) is 4.42. The molecule has 0 atom stereocenters. The summed E-state index contributed by atoms with van der Waals surface area (Å²) in [4.78, 5) is 17.8. The molecule has 1 aromatic carbocycles. The molecule has 0 fully saturated rings. The lowest BCUT2D eigenvalue weighted by molar-refractivity contribution is -0.129. The predicted molar refractivity (Wildman–Crippen MR) is 131 cm³/mol. The molecule has 0 aliphatic heterocycles. The van der Waals surface area contributed by atoms with Crippen LogP contribution in [0.3, 0.4) is 0 Å². The molecule has 1 amide bonds. The smallest absolute Gasteiger partial charge is 0.243 e. The molecule has 5 aromatic rings. The van der Waals surface area contributed by atoms with Crippen molar-refractivity contribution >= 4 is 27.3 Å². The van der Waals surface area contributed by atoms with E-state index in [1.165, 1.54) is 28.4 Å². The number of nitrogens with zero attached hydrogens (tertiary/aromatic N) is 6. The quantitative estimate of drug-likeness (QED) is 0.337. The molecular formula is C25H21FN6O2S. The van der Waals surface area contributed by atoms with Crippen LogP contribution < -0.4 is 4.74 Å². The number of thiophene rings is 1. The molecule has 0 radical (unpaired) electrons. The van der Waals surface area contributed by atoms with Gasteiger partial charge in [0.2, 0.25) is 5.91 Å². The summed E-state index contributed by atoms with van der Waals surface area (Å²) in [6.45, 7) is 0.332. The van der Waals surface area contributed by atoms with Crippen LogP contribution in [-0.4, -0.2) is 49.9 Å². The number of hydrogen-bond donors (Lipinski definition) is 0. The fourth-order valence-electron chi connectivity index (χ4n) is 3.57. The molecule has 0 saturated carbocycles. The summed E-state index contributed by atoms with van der Waals surface area (Å²) in [7, 11) is 3.41. The lowest BCUT2D eigenvalue weighted by atomic mass is 10.1. The topological polar surface area (TPSA) is 86.0 Å². The van der Waals surface area contributed by atoms with Crippen molar-refractivity contribution in [2.45, 2.75) is 13.2 Å². The zero-order chi connectivity index (χ0) is 24.4. The number of amides is 1. The number of likely N-dealkylation sites (N-methyl/N-ethyl adjacent to an activating group) is 1. The van der Waals surface area contributed by atoms with Crippen molar-refractivity contribution < 1.29 is 13.9 Å². The first kappa shape index (κ1) is 22.6. The normalized spacial score (nSPS) is 11.1. The number of carbonyl (C=O) groups is 1.